The predicted octanol–water partition coefficient (Wildman–Crippen LogP) is 2.52. The molecule has 1 atom stereocenters. The van der Waals surface area contributed by atoms with Crippen LogP contribution in [0.1, 0.15) is 35.2 Å². The minimum Gasteiger partial charge on any atom is -0.383 e. The van der Waals surface area contributed by atoms with Gasteiger partial charge in [0.05, 0.1) is 18.7 Å². The quantitative estimate of drug-likeness (QED) is 0.901. The van der Waals surface area contributed by atoms with Gasteiger partial charge in [0, 0.05) is 5.56 Å². The molecule has 23 heavy (non-hydrogen) atoms. The lowest BCUT2D eigenvalue weighted by Crippen LogP contribution is -2.43. The lowest BCUT2D eigenvalue weighted by molar-refractivity contribution is -0.122. The van der Waals surface area contributed by atoms with Gasteiger partial charge in [-0.05, 0) is 48.9 Å². The van der Waals surface area contributed by atoms with E-state index in [9.17, 15) is 9.90 Å². The summed E-state index contributed by atoms with van der Waals surface area (Å²) >= 11 is 5.87. The number of nitrogens with zero attached hydrogens (tertiary/aromatic N) is 1. The molecule has 122 valence electrons. The van der Waals surface area contributed by atoms with Crippen molar-refractivity contribution in [3.8, 4) is 0 Å². The second-order valence-corrected chi connectivity index (χ2v) is 6.36. The van der Waals surface area contributed by atoms with Gasteiger partial charge >= 0.3 is 0 Å². The smallest absolute Gasteiger partial charge is 0.229 e. The Hall–Kier alpha value is -1.85. The maximum Gasteiger partial charge on any atom is 0.229 e. The van der Waals surface area contributed by atoms with E-state index in [2.05, 4.69) is 10.5 Å². The van der Waals surface area contributed by atoms with E-state index >= 15 is 0 Å². The third-order valence-electron chi connectivity index (χ3n) is 4.41. The molecule has 2 aromatic rings. The number of amides is 1. The Morgan fingerprint density at radius 3 is 3.00 bits per heavy atom. The van der Waals surface area contributed by atoms with Gasteiger partial charge in [-0.15, -0.1) is 0 Å². The van der Waals surface area contributed by atoms with Crippen molar-refractivity contribution in [2.24, 2.45) is 0 Å². The minimum atomic E-state index is -1.02. The number of hydrogen-bond acceptors (Lipinski definition) is 4. The van der Waals surface area contributed by atoms with E-state index < -0.39 is 5.60 Å². The zero-order valence-electron chi connectivity index (χ0n) is 12.9. The first-order chi connectivity index (χ1) is 11.0. The fraction of sp³-hybridized carbons (Fsp3) is 0.412. The molecule has 0 aliphatic heterocycles. The fourth-order valence-electron chi connectivity index (χ4n) is 3.11. The minimum absolute atomic E-state index is 0.0892. The standard InChI is InChI=1S/C17H19ClN2O3/c1-11-13(16(18)23-20-11)9-15(21)19-10-17(22)8-4-6-12-5-2-3-7-14(12)17/h2-3,5,7,22H,4,6,8-10H2,1H3,(H,19,21). The summed E-state index contributed by atoms with van der Waals surface area (Å²) < 4.78 is 4.84. The van der Waals surface area contributed by atoms with Crippen LogP contribution in [-0.2, 0) is 23.2 Å². The van der Waals surface area contributed by atoms with Crippen molar-refractivity contribution < 1.29 is 14.4 Å². The summed E-state index contributed by atoms with van der Waals surface area (Å²) in [5, 5.41) is 17.6. The van der Waals surface area contributed by atoms with Crippen LogP contribution < -0.4 is 5.32 Å². The molecule has 1 aromatic heterocycles. The maximum atomic E-state index is 12.2. The Morgan fingerprint density at radius 1 is 1.48 bits per heavy atom. The molecule has 6 heteroatoms. The van der Waals surface area contributed by atoms with Crippen molar-refractivity contribution in [3.63, 3.8) is 0 Å². The van der Waals surface area contributed by atoms with E-state index in [0.29, 0.717) is 17.7 Å². The van der Waals surface area contributed by atoms with Crippen molar-refractivity contribution in [1.82, 2.24) is 10.5 Å². The molecule has 0 saturated heterocycles. The second kappa shape index (κ2) is 6.34. The van der Waals surface area contributed by atoms with Gasteiger partial charge in [0.1, 0.15) is 5.60 Å². The average Bonchev–Trinajstić information content (AvgIpc) is 2.86. The molecule has 2 N–H and O–H groups in total. The van der Waals surface area contributed by atoms with E-state index in [0.717, 1.165) is 24.0 Å². The first kappa shape index (κ1) is 16.0. The monoisotopic (exact) mass is 334 g/mol. The van der Waals surface area contributed by atoms with Gasteiger partial charge in [-0.3, -0.25) is 4.79 Å². The first-order valence-corrected chi connectivity index (χ1v) is 8.05. The van der Waals surface area contributed by atoms with E-state index in [1.807, 2.05) is 24.3 Å². The van der Waals surface area contributed by atoms with Crippen LogP contribution >= 0.6 is 11.6 Å². The molecule has 0 radical (unpaired) electrons. The highest BCUT2D eigenvalue weighted by atomic mass is 35.5. The molecule has 0 fully saturated rings. The molecule has 5 nitrogen and oxygen atoms in total. The van der Waals surface area contributed by atoms with Gasteiger partial charge < -0.3 is 14.9 Å². The van der Waals surface area contributed by atoms with Gasteiger partial charge in [-0.25, -0.2) is 0 Å². The number of hydrogen-bond donors (Lipinski definition) is 2. The number of benzene rings is 1. The van der Waals surface area contributed by atoms with Crippen molar-refractivity contribution in [3.05, 3.63) is 51.9 Å². The van der Waals surface area contributed by atoms with Crippen molar-refractivity contribution in [2.45, 2.75) is 38.2 Å². The summed E-state index contributed by atoms with van der Waals surface area (Å²) in [5.41, 5.74) is 2.23. The van der Waals surface area contributed by atoms with Crippen molar-refractivity contribution in [1.29, 1.82) is 0 Å². The zero-order valence-corrected chi connectivity index (χ0v) is 13.7. The Balaban J connectivity index is 1.68. The summed E-state index contributed by atoms with van der Waals surface area (Å²) in [6.45, 7) is 1.92. The number of fused-ring (bicyclic) bond motifs is 1. The van der Waals surface area contributed by atoms with Crippen LogP contribution in [0.3, 0.4) is 0 Å². The van der Waals surface area contributed by atoms with Crippen molar-refractivity contribution >= 4 is 17.5 Å². The number of aromatic nitrogens is 1. The van der Waals surface area contributed by atoms with Gasteiger partial charge in [0.25, 0.3) is 0 Å². The molecule has 0 saturated carbocycles. The predicted molar refractivity (Wildman–Crippen MR) is 86.2 cm³/mol. The molecule has 0 bridgehead atoms. The fourth-order valence-corrected chi connectivity index (χ4v) is 3.35. The van der Waals surface area contributed by atoms with Crippen LogP contribution in [0, 0.1) is 6.92 Å². The lowest BCUT2D eigenvalue weighted by atomic mass is 9.79. The second-order valence-electron chi connectivity index (χ2n) is 6.02. The summed E-state index contributed by atoms with van der Waals surface area (Å²) in [7, 11) is 0. The number of nitrogens with one attached hydrogen (secondary N) is 1. The van der Waals surface area contributed by atoms with Crippen LogP contribution in [-0.4, -0.2) is 22.7 Å². The Bertz CT molecular complexity index is 709. The topological polar surface area (TPSA) is 75.4 Å². The molecule has 1 amide bonds. The highest BCUT2D eigenvalue weighted by Gasteiger charge is 2.34. The van der Waals surface area contributed by atoms with E-state index in [4.69, 9.17) is 16.1 Å². The largest absolute Gasteiger partial charge is 0.383 e. The average molecular weight is 335 g/mol. The van der Waals surface area contributed by atoms with Crippen LogP contribution in [0.15, 0.2) is 28.8 Å². The van der Waals surface area contributed by atoms with Crippen LogP contribution in [0.25, 0.3) is 0 Å². The maximum absolute atomic E-state index is 12.2. The highest BCUT2D eigenvalue weighted by Crippen LogP contribution is 2.34. The molecule has 3 rings (SSSR count). The van der Waals surface area contributed by atoms with Crippen LogP contribution in [0.5, 0.6) is 0 Å². The van der Waals surface area contributed by atoms with E-state index in [-0.39, 0.29) is 24.1 Å². The Labute approximate surface area is 139 Å². The Kier molecular flexibility index (Phi) is 4.41. The first-order valence-electron chi connectivity index (χ1n) is 7.68. The summed E-state index contributed by atoms with van der Waals surface area (Å²) in [6.07, 6.45) is 2.59. The number of carbonyl (C=O) groups is 1. The van der Waals surface area contributed by atoms with Gasteiger partial charge in [-0.1, -0.05) is 29.4 Å². The molecule has 1 aromatic carbocycles. The number of aliphatic hydroxyl groups is 1. The zero-order chi connectivity index (χ0) is 16.4. The molecule has 1 unspecified atom stereocenters. The highest BCUT2D eigenvalue weighted by molar-refractivity contribution is 6.29. The number of halogens is 1. The van der Waals surface area contributed by atoms with Gasteiger partial charge in [0.2, 0.25) is 11.1 Å². The third-order valence-corrected chi connectivity index (χ3v) is 4.70. The number of carbonyl (C=O) groups excluding carboxylic acids is 1. The van der Waals surface area contributed by atoms with Crippen LogP contribution in [0.4, 0.5) is 0 Å². The normalized spacial score (nSPS) is 20.1. The van der Waals surface area contributed by atoms with E-state index in [1.165, 1.54) is 0 Å². The number of rotatable bonds is 4. The van der Waals surface area contributed by atoms with E-state index in [1.54, 1.807) is 6.92 Å². The van der Waals surface area contributed by atoms with Crippen molar-refractivity contribution in [2.75, 3.05) is 6.54 Å². The molecule has 1 aliphatic carbocycles. The molecule has 1 heterocycles. The van der Waals surface area contributed by atoms with Gasteiger partial charge in [0.15, 0.2) is 0 Å². The third kappa shape index (κ3) is 3.26. The number of aryl methyl sites for hydroxylation is 2. The molecule has 0 spiro atoms. The molecular weight excluding hydrogens is 316 g/mol. The van der Waals surface area contributed by atoms with Crippen LogP contribution in [0.2, 0.25) is 5.22 Å². The van der Waals surface area contributed by atoms with Gasteiger partial charge in [-0.2, -0.15) is 0 Å². The lowest BCUT2D eigenvalue weighted by Gasteiger charge is -2.34. The summed E-state index contributed by atoms with van der Waals surface area (Å²) in [4.78, 5) is 12.2. The summed E-state index contributed by atoms with van der Waals surface area (Å²) in [5.74, 6) is -0.213. The SMILES string of the molecule is Cc1noc(Cl)c1CC(=O)NCC1(O)CCCc2ccccc21. The Morgan fingerprint density at radius 2 is 2.26 bits per heavy atom. The summed E-state index contributed by atoms with van der Waals surface area (Å²) in [6, 6.07) is 7.85. The molecule has 1 aliphatic rings. The molecular formula is C17H19ClN2O3.